The van der Waals surface area contributed by atoms with Crippen LogP contribution < -0.4 is 16.4 Å². The first-order chi connectivity index (χ1) is 32.2. The molecular weight excluding hydrogens is 893 g/mol. The van der Waals surface area contributed by atoms with Gasteiger partial charge in [-0.3, -0.25) is 14.9 Å². The van der Waals surface area contributed by atoms with Gasteiger partial charge in [-0.1, -0.05) is 69.2 Å². The van der Waals surface area contributed by atoms with Gasteiger partial charge in [0.25, 0.3) is 0 Å². The Morgan fingerprint density at radius 1 is 0.841 bits per heavy atom. The van der Waals surface area contributed by atoms with E-state index in [1.807, 2.05) is 72.8 Å². The Kier molecular flexibility index (Phi) is 14.5. The number of ketones is 1. The van der Waals surface area contributed by atoms with E-state index in [-0.39, 0.29) is 66.6 Å². The Bertz CT molecular complexity index is 2240. The number of nitrogens with one attached hydrogen (secondary N) is 2. The van der Waals surface area contributed by atoms with Gasteiger partial charge in [0.1, 0.15) is 17.4 Å². The minimum Gasteiger partial charge on any atom is -0.511 e. The third-order valence-corrected chi connectivity index (χ3v) is 17.1. The highest BCUT2D eigenvalue weighted by atomic mass is 16.7. The summed E-state index contributed by atoms with van der Waals surface area (Å²) in [6, 6.07) is -1.59. The lowest BCUT2D eigenvalue weighted by Gasteiger charge is -2.57. The van der Waals surface area contributed by atoms with E-state index in [1.54, 1.807) is 6.92 Å². The normalized spacial score (nSPS) is 44.5. The number of nitrogens with two attached hydrogens (primary N) is 1. The van der Waals surface area contributed by atoms with Crippen LogP contribution in [-0.2, 0) is 42.7 Å². The molecule has 0 aromatic heterocycles. The first-order valence-corrected chi connectivity index (χ1v) is 24.4. The third kappa shape index (κ3) is 9.17. The molecule has 69 heavy (non-hydrogen) atoms. The van der Waals surface area contributed by atoms with Gasteiger partial charge in [-0.25, -0.2) is 14.4 Å². The number of aliphatic hydroxyl groups is 1. The highest BCUT2D eigenvalue weighted by Gasteiger charge is 2.64. The molecule has 2 amide bonds. The number of carbonyl (C=O) groups is 4. The van der Waals surface area contributed by atoms with Gasteiger partial charge in [-0.2, -0.15) is 0 Å². The van der Waals surface area contributed by atoms with Crippen LogP contribution in [-0.4, -0.2) is 114 Å². The molecule has 382 valence electrons. The molecule has 4 fully saturated rings. The van der Waals surface area contributed by atoms with Crippen molar-refractivity contribution in [3.8, 4) is 0 Å². The molecule has 0 unspecified atom stereocenters. The minimum atomic E-state index is -1.70. The molecule has 0 aromatic rings. The molecule has 0 aromatic carbocycles. The first-order valence-electron chi connectivity index (χ1n) is 24.4. The number of allylic oxidation sites excluding steroid dienone is 4. The van der Waals surface area contributed by atoms with E-state index in [2.05, 4.69) is 30.6 Å². The van der Waals surface area contributed by atoms with Crippen LogP contribution >= 0.6 is 0 Å². The van der Waals surface area contributed by atoms with Crippen LogP contribution in [0.1, 0.15) is 108 Å². The second-order valence-electron chi connectivity index (χ2n) is 21.9. The number of aliphatic hydroxyl groups excluding tert-OH is 1. The second-order valence-corrected chi connectivity index (χ2v) is 21.9. The molecule has 3 heterocycles. The number of alkyl carbamates (subject to hydrolysis) is 2. The lowest BCUT2D eigenvalue weighted by Crippen LogP contribution is -2.67. The lowest BCUT2D eigenvalue weighted by atomic mass is 9.49. The molecule has 3 saturated heterocycles. The van der Waals surface area contributed by atoms with E-state index in [0.29, 0.717) is 12.0 Å². The van der Waals surface area contributed by atoms with Crippen molar-refractivity contribution in [2.45, 2.75) is 174 Å². The molecule has 2 bridgehead atoms. The van der Waals surface area contributed by atoms with E-state index in [4.69, 9.17) is 38.9 Å². The molecule has 7 aliphatic rings. The summed E-state index contributed by atoms with van der Waals surface area (Å²) >= 11 is 0. The van der Waals surface area contributed by atoms with Gasteiger partial charge in [-0.15, -0.1) is 0 Å². The fraction of sp³-hybridized carbons (Fsp3) is 0.725. The Labute approximate surface area is 405 Å². The van der Waals surface area contributed by atoms with Crippen LogP contribution in [0.4, 0.5) is 9.59 Å². The zero-order chi connectivity index (χ0) is 50.9. The summed E-state index contributed by atoms with van der Waals surface area (Å²) in [7, 11) is 2.47. The van der Waals surface area contributed by atoms with Gasteiger partial charge >= 0.3 is 18.2 Å². The number of nitro groups is 1. The Morgan fingerprint density at radius 2 is 1.43 bits per heavy atom. The van der Waals surface area contributed by atoms with E-state index >= 15 is 4.79 Å². The van der Waals surface area contributed by atoms with Crippen LogP contribution in [0.25, 0.3) is 0 Å². The largest absolute Gasteiger partial charge is 0.511 e. The summed E-state index contributed by atoms with van der Waals surface area (Å²) in [5.74, 6) is -3.92. The SMILES string of the molecule is COC(=O)N[C@H]1[C@H](C)O[C@@H](O[C@@H]2[C@H]3C=C[C@H]4C(C)=CC[C@H](O[C@H]5C[C@](C)([N+](=O)[O-])[C@@H](NC(=O)OC)[C@@H](C)O5)C(C)=C[C@@H]5C=C(C)[C@H](C)C[C@]56OC(=O)C(=C(O)[C@@]4(C)[C@@H]3[C@@H](C)C[C@@H]2C)C6=O)C[C@]1(C)N. The summed E-state index contributed by atoms with van der Waals surface area (Å²) in [6.07, 6.45) is 5.38. The van der Waals surface area contributed by atoms with Crippen LogP contribution in [0.2, 0.25) is 0 Å². The van der Waals surface area contributed by atoms with Crippen molar-refractivity contribution in [1.29, 1.82) is 0 Å². The predicted octanol–water partition coefficient (Wildman–Crippen LogP) is 6.90. The smallest absolute Gasteiger partial charge is 0.407 e. The van der Waals surface area contributed by atoms with Gasteiger partial charge in [0.15, 0.2) is 18.2 Å². The Balaban J connectivity index is 1.31. The minimum absolute atomic E-state index is 0.0160. The van der Waals surface area contributed by atoms with Crippen molar-refractivity contribution >= 4 is 23.9 Å². The molecule has 1 spiro atoms. The van der Waals surface area contributed by atoms with Crippen molar-refractivity contribution in [2.75, 3.05) is 14.2 Å². The maximum Gasteiger partial charge on any atom is 0.407 e. The van der Waals surface area contributed by atoms with Gasteiger partial charge < -0.3 is 54.6 Å². The van der Waals surface area contributed by atoms with E-state index < -0.39 is 112 Å². The molecular formula is C51H74N4O14. The average molecular weight is 967 g/mol. The van der Waals surface area contributed by atoms with Crippen LogP contribution in [0.15, 0.2) is 58.4 Å². The number of ether oxygens (including phenoxy) is 7. The van der Waals surface area contributed by atoms with Crippen LogP contribution in [0.3, 0.4) is 0 Å². The standard InChI is InChI=1S/C51H74N4O14/c1-24-14-17-35(67-37-23-49(10,55(61)62)42(31(8)66-37)54-47(60)64-13)26(3)20-32-19-25(2)29(6)21-51(32)44(57)38(45(58)69-51)43(56)50(11)34(24)16-15-33-39(50)27(4)18-28(5)40(33)68-36-22-48(9,52)41(30(7)65-36)53-46(59)63-12/h14-16,19-20,27-37,39-42,56H,17-18,21-23,52H2,1-13H3,(H,53,59)(H,54,60)/t27-,28-,29+,30-,31+,32-,33-,34-,35-,36-,37-,39+,40-,41-,42-,48-,49-,50+,51-/m0/s1. The molecule has 4 aliphatic carbocycles. The monoisotopic (exact) mass is 967 g/mol. The van der Waals surface area contributed by atoms with Crippen molar-refractivity contribution in [1.82, 2.24) is 10.6 Å². The van der Waals surface area contributed by atoms with Gasteiger partial charge in [-0.05, 0) is 83.6 Å². The second kappa shape index (κ2) is 19.2. The number of rotatable bonds is 7. The number of carbonyl (C=O) groups excluding carboxylic acids is 4. The number of hydrogen-bond acceptors (Lipinski definition) is 15. The van der Waals surface area contributed by atoms with Crippen LogP contribution in [0, 0.1) is 57.0 Å². The lowest BCUT2D eigenvalue weighted by molar-refractivity contribution is -0.584. The molecule has 5 N–H and O–H groups in total. The number of esters is 1. The number of nitrogens with zero attached hydrogens (tertiary/aromatic N) is 1. The Hall–Kier alpha value is -4.62. The fourth-order valence-corrected chi connectivity index (χ4v) is 13.3. The predicted molar refractivity (Wildman–Crippen MR) is 252 cm³/mol. The first kappa shape index (κ1) is 52.2. The van der Waals surface area contributed by atoms with Gasteiger partial charge in [0, 0.05) is 53.4 Å². The fourth-order valence-electron chi connectivity index (χ4n) is 13.3. The quantitative estimate of drug-likeness (QED) is 0.0506. The number of Topliss-reactive ketones (excluding diaryl/α,β-unsaturated/α-hetero) is 1. The summed E-state index contributed by atoms with van der Waals surface area (Å²) in [5, 5.41) is 31.2. The molecule has 7 rings (SSSR count). The molecule has 18 nitrogen and oxygen atoms in total. The number of amides is 2. The molecule has 1 saturated carbocycles. The highest BCUT2D eigenvalue weighted by Crippen LogP contribution is 2.61. The summed E-state index contributed by atoms with van der Waals surface area (Å²) in [4.78, 5) is 66.8. The highest BCUT2D eigenvalue weighted by molar-refractivity contribution is 6.26. The van der Waals surface area contributed by atoms with Gasteiger partial charge in [0.05, 0.1) is 51.1 Å². The molecule has 3 aliphatic heterocycles. The maximum absolute atomic E-state index is 15.4. The van der Waals surface area contributed by atoms with E-state index in [1.165, 1.54) is 21.1 Å². The summed E-state index contributed by atoms with van der Waals surface area (Å²) in [5.41, 5.74) is 3.47. The van der Waals surface area contributed by atoms with E-state index in [0.717, 1.165) is 11.1 Å². The Morgan fingerprint density at radius 3 is 2.04 bits per heavy atom. The average Bonchev–Trinajstić information content (AvgIpc) is 3.51. The van der Waals surface area contributed by atoms with E-state index in [9.17, 15) is 29.6 Å². The molecule has 19 atom stereocenters. The molecule has 18 heteroatoms. The molecule has 0 radical (unpaired) electrons. The van der Waals surface area contributed by atoms with Crippen molar-refractivity contribution < 1.29 is 62.4 Å². The third-order valence-electron chi connectivity index (χ3n) is 17.1. The number of fused-ring (bicyclic) bond motifs is 4. The zero-order valence-corrected chi connectivity index (χ0v) is 42.4. The maximum atomic E-state index is 15.4. The van der Waals surface area contributed by atoms with Crippen LogP contribution in [0.5, 0.6) is 0 Å². The number of methoxy groups -OCH3 is 2. The van der Waals surface area contributed by atoms with Crippen molar-refractivity contribution in [3.63, 3.8) is 0 Å². The van der Waals surface area contributed by atoms with Crippen molar-refractivity contribution in [2.24, 2.45) is 52.6 Å². The van der Waals surface area contributed by atoms with Crippen molar-refractivity contribution in [3.05, 3.63) is 68.5 Å². The summed E-state index contributed by atoms with van der Waals surface area (Å²) < 4.78 is 42.4. The zero-order valence-electron chi connectivity index (χ0n) is 42.4. The number of hydrogen-bond donors (Lipinski definition) is 4. The summed E-state index contributed by atoms with van der Waals surface area (Å²) in [6.45, 7) is 20.7. The van der Waals surface area contributed by atoms with Gasteiger partial charge in [0.2, 0.25) is 11.3 Å². The topological polar surface area (TPSA) is 246 Å².